The van der Waals surface area contributed by atoms with Crippen molar-refractivity contribution in [1.82, 2.24) is 15.8 Å². The molecule has 5 nitrogen and oxygen atoms in total. The van der Waals surface area contributed by atoms with E-state index in [0.717, 1.165) is 0 Å². The van der Waals surface area contributed by atoms with Gasteiger partial charge in [-0.25, -0.2) is 18.6 Å². The number of amides is 3. The van der Waals surface area contributed by atoms with Gasteiger partial charge in [0.1, 0.15) is 18.3 Å². The quantitative estimate of drug-likeness (QED) is 0.202. The molecule has 0 bridgehead atoms. The number of halogens is 13. The molecule has 220 valence electrons. The molecule has 1 atom stereocenters. The Labute approximate surface area is 227 Å². The van der Waals surface area contributed by atoms with Crippen molar-refractivity contribution in [3.05, 3.63) is 74.5 Å². The topological polar surface area (TPSA) is 61.4 Å². The standard InChI is InChI=1S/C22H14Cl2F11N3O2/c1-38(19(40)36-8-20(27,28)29)37-18(39)11-3-2-9(4-13(11)22(33,34)35)16(25)7-12(21(30,31)32)10-5-14(23)17(26)15(24)6-10/h2-7,12H,8H2,1H3,(H,36,40)(H,37,39)/b16-7-. The molecule has 2 N–H and O–H groups in total. The van der Waals surface area contributed by atoms with Crippen LogP contribution in [-0.2, 0) is 6.18 Å². The Hall–Kier alpha value is -3.27. The van der Waals surface area contributed by atoms with Crippen LogP contribution in [0.4, 0.5) is 53.1 Å². The fraction of sp³-hybridized carbons (Fsp3) is 0.273. The molecule has 0 fully saturated rings. The summed E-state index contributed by atoms with van der Waals surface area (Å²) in [5.41, 5.74) is -3.41. The first-order chi connectivity index (χ1) is 18.1. The molecule has 0 aliphatic carbocycles. The summed E-state index contributed by atoms with van der Waals surface area (Å²) in [4.78, 5) is 24.0. The van der Waals surface area contributed by atoms with Crippen molar-refractivity contribution >= 4 is 41.0 Å². The van der Waals surface area contributed by atoms with Gasteiger partial charge in [0.2, 0.25) is 0 Å². The SMILES string of the molecule is CN(NC(=O)c1ccc(/C(F)=C/C(c2cc(Cl)c(F)c(Cl)c2)C(F)(F)F)cc1C(F)(F)F)C(=O)NCC(F)(F)F. The first-order valence-electron chi connectivity index (χ1n) is 10.3. The number of carbonyl (C=O) groups is 2. The molecule has 2 aromatic carbocycles. The van der Waals surface area contributed by atoms with Crippen molar-refractivity contribution in [1.29, 1.82) is 0 Å². The van der Waals surface area contributed by atoms with Crippen LogP contribution >= 0.6 is 23.2 Å². The first-order valence-corrected chi connectivity index (χ1v) is 11.1. The minimum Gasteiger partial charge on any atom is -0.327 e. The lowest BCUT2D eigenvalue weighted by Crippen LogP contribution is -2.50. The summed E-state index contributed by atoms with van der Waals surface area (Å²) in [7, 11) is 0.707. The Morgan fingerprint density at radius 1 is 0.975 bits per heavy atom. The molecular weight excluding hydrogens is 618 g/mol. The van der Waals surface area contributed by atoms with Gasteiger partial charge in [0.05, 0.1) is 21.2 Å². The number of rotatable bonds is 5. The van der Waals surface area contributed by atoms with Crippen LogP contribution in [0.2, 0.25) is 10.0 Å². The number of nitrogens with zero attached hydrogens (tertiary/aromatic N) is 1. The van der Waals surface area contributed by atoms with E-state index in [-0.39, 0.29) is 17.2 Å². The number of alkyl halides is 9. The minimum absolute atomic E-state index is 0.00250. The molecule has 0 aromatic heterocycles. The minimum atomic E-state index is -5.39. The molecule has 2 aromatic rings. The van der Waals surface area contributed by atoms with Crippen LogP contribution in [0.3, 0.4) is 0 Å². The van der Waals surface area contributed by atoms with Gasteiger partial charge in [-0.15, -0.1) is 0 Å². The van der Waals surface area contributed by atoms with E-state index in [2.05, 4.69) is 0 Å². The third-order valence-electron chi connectivity index (χ3n) is 4.89. The zero-order valence-corrected chi connectivity index (χ0v) is 20.9. The summed E-state index contributed by atoms with van der Waals surface area (Å²) in [6.07, 6.45) is -15.6. The molecule has 0 aliphatic heterocycles. The van der Waals surface area contributed by atoms with Crippen molar-refractivity contribution in [3.63, 3.8) is 0 Å². The van der Waals surface area contributed by atoms with Crippen LogP contribution < -0.4 is 10.7 Å². The van der Waals surface area contributed by atoms with Gasteiger partial charge in [-0.05, 0) is 35.9 Å². The molecule has 40 heavy (non-hydrogen) atoms. The zero-order chi connectivity index (χ0) is 30.8. The maximum atomic E-state index is 14.9. The van der Waals surface area contributed by atoms with Gasteiger partial charge in [-0.3, -0.25) is 10.2 Å². The Balaban J connectivity index is 2.45. The van der Waals surface area contributed by atoms with Gasteiger partial charge in [0, 0.05) is 12.6 Å². The third kappa shape index (κ3) is 8.61. The smallest absolute Gasteiger partial charge is 0.327 e. The monoisotopic (exact) mass is 631 g/mol. The summed E-state index contributed by atoms with van der Waals surface area (Å²) in [5.74, 6) is -7.61. The Morgan fingerprint density at radius 2 is 1.52 bits per heavy atom. The second-order valence-corrected chi connectivity index (χ2v) is 8.68. The fourth-order valence-electron chi connectivity index (χ4n) is 3.06. The number of hydrogen-bond donors (Lipinski definition) is 2. The Kier molecular flexibility index (Phi) is 9.95. The summed E-state index contributed by atoms with van der Waals surface area (Å²) in [5, 5.41) is -0.224. The van der Waals surface area contributed by atoms with Crippen molar-refractivity contribution in [2.45, 2.75) is 24.4 Å². The van der Waals surface area contributed by atoms with Crippen molar-refractivity contribution in [2.24, 2.45) is 0 Å². The lowest BCUT2D eigenvalue weighted by Gasteiger charge is -2.21. The van der Waals surface area contributed by atoms with Gasteiger partial charge in [-0.2, -0.15) is 39.5 Å². The van der Waals surface area contributed by atoms with Crippen LogP contribution in [-0.4, -0.2) is 42.9 Å². The molecular formula is C22H14Cl2F11N3O2. The van der Waals surface area contributed by atoms with E-state index in [1.807, 2.05) is 0 Å². The van der Waals surface area contributed by atoms with Crippen LogP contribution in [0, 0.1) is 5.82 Å². The van der Waals surface area contributed by atoms with E-state index < -0.39 is 86.9 Å². The number of hydrazine groups is 1. The molecule has 0 spiro atoms. The second kappa shape index (κ2) is 12.1. The maximum absolute atomic E-state index is 14.9. The Bertz CT molecular complexity index is 1290. The van der Waals surface area contributed by atoms with E-state index in [4.69, 9.17) is 23.2 Å². The second-order valence-electron chi connectivity index (χ2n) is 7.86. The fourth-order valence-corrected chi connectivity index (χ4v) is 3.56. The largest absolute Gasteiger partial charge is 0.417 e. The van der Waals surface area contributed by atoms with E-state index in [1.54, 1.807) is 5.43 Å². The van der Waals surface area contributed by atoms with Crippen molar-refractivity contribution < 1.29 is 57.9 Å². The van der Waals surface area contributed by atoms with E-state index in [0.29, 0.717) is 31.3 Å². The summed E-state index contributed by atoms with van der Waals surface area (Å²) in [6, 6.07) is 0.335. The van der Waals surface area contributed by atoms with Gasteiger partial charge < -0.3 is 5.32 Å². The molecule has 3 amide bonds. The van der Waals surface area contributed by atoms with Gasteiger partial charge in [0.15, 0.2) is 5.82 Å². The lowest BCUT2D eigenvalue weighted by atomic mass is 9.95. The van der Waals surface area contributed by atoms with Crippen molar-refractivity contribution in [2.75, 3.05) is 13.6 Å². The van der Waals surface area contributed by atoms with Crippen molar-refractivity contribution in [3.8, 4) is 0 Å². The lowest BCUT2D eigenvalue weighted by molar-refractivity contribution is -0.140. The van der Waals surface area contributed by atoms with Gasteiger partial charge in [-0.1, -0.05) is 29.3 Å². The third-order valence-corrected chi connectivity index (χ3v) is 5.44. The predicted molar refractivity (Wildman–Crippen MR) is 120 cm³/mol. The molecule has 0 aliphatic rings. The molecule has 1 unspecified atom stereocenters. The van der Waals surface area contributed by atoms with E-state index >= 15 is 0 Å². The number of benzene rings is 2. The number of nitrogens with one attached hydrogen (secondary N) is 2. The summed E-state index contributed by atoms with van der Waals surface area (Å²) >= 11 is 11.0. The van der Waals surface area contributed by atoms with Crippen LogP contribution in [0.15, 0.2) is 36.4 Å². The predicted octanol–water partition coefficient (Wildman–Crippen LogP) is 7.66. The van der Waals surface area contributed by atoms with Gasteiger partial charge in [0.25, 0.3) is 5.91 Å². The normalized spacial score (nSPS) is 13.6. The van der Waals surface area contributed by atoms with Crippen LogP contribution in [0.25, 0.3) is 5.83 Å². The highest BCUT2D eigenvalue weighted by atomic mass is 35.5. The number of hydrogen-bond acceptors (Lipinski definition) is 2. The Morgan fingerprint density at radius 3 is 2.00 bits per heavy atom. The summed E-state index contributed by atoms with van der Waals surface area (Å²) in [6.45, 7) is -1.82. The number of allylic oxidation sites excluding steroid dienone is 1. The molecule has 0 radical (unpaired) electrons. The summed E-state index contributed by atoms with van der Waals surface area (Å²) < 4.78 is 147. The van der Waals surface area contributed by atoms with Gasteiger partial charge >= 0.3 is 24.6 Å². The molecule has 2 rings (SSSR count). The van der Waals surface area contributed by atoms with Crippen LogP contribution in [0.1, 0.15) is 33.0 Å². The number of urea groups is 1. The molecule has 0 saturated heterocycles. The average Bonchev–Trinajstić information content (AvgIpc) is 2.81. The molecule has 0 heterocycles. The van der Waals surface area contributed by atoms with E-state index in [9.17, 15) is 57.9 Å². The highest BCUT2D eigenvalue weighted by Crippen LogP contribution is 2.41. The highest BCUT2D eigenvalue weighted by molar-refractivity contribution is 6.35. The molecule has 0 saturated carbocycles. The first kappa shape index (κ1) is 32.9. The number of carbonyl (C=O) groups excluding carboxylic acids is 2. The maximum Gasteiger partial charge on any atom is 0.417 e. The van der Waals surface area contributed by atoms with E-state index in [1.165, 1.54) is 5.32 Å². The van der Waals surface area contributed by atoms with Crippen LogP contribution in [0.5, 0.6) is 0 Å². The zero-order valence-electron chi connectivity index (χ0n) is 19.4. The highest BCUT2D eigenvalue weighted by Gasteiger charge is 2.41. The molecule has 18 heteroatoms. The average molecular weight is 632 g/mol.